The summed E-state index contributed by atoms with van der Waals surface area (Å²) in [5.74, 6) is 0. The third kappa shape index (κ3) is 0.899. The van der Waals surface area contributed by atoms with E-state index in [9.17, 15) is 0 Å². The first-order valence-electron chi connectivity index (χ1n) is 1.82. The van der Waals surface area contributed by atoms with Crippen LogP contribution >= 0.6 is 11.3 Å². The lowest BCUT2D eigenvalue weighted by atomic mass is 10.6. The molecule has 7 heavy (non-hydrogen) atoms. The van der Waals surface area contributed by atoms with Crippen LogP contribution in [0.1, 0.15) is 5.69 Å². The maximum absolute atomic E-state index is 5.25. The van der Waals surface area contributed by atoms with E-state index < -0.39 is 0 Å². The highest BCUT2D eigenvalue weighted by Gasteiger charge is 1.86. The van der Waals surface area contributed by atoms with Crippen LogP contribution in [0.5, 0.6) is 0 Å². The van der Waals surface area contributed by atoms with Crippen LogP contribution < -0.4 is 5.73 Å². The minimum atomic E-state index is 0.588. The summed E-state index contributed by atoms with van der Waals surface area (Å²) < 4.78 is 0. The molecule has 37 valence electrons. The first kappa shape index (κ1) is 4.59. The number of hydrogen-bond donors (Lipinski definition) is 1. The molecule has 2 N–H and O–H groups in total. The van der Waals surface area contributed by atoms with Crippen molar-refractivity contribution in [3.05, 3.63) is 18.0 Å². The molecule has 0 aliphatic carbocycles. The SMILES string of the molecule is [CH2]c1csc(N)n1. The van der Waals surface area contributed by atoms with Gasteiger partial charge in [-0.05, 0) is 6.92 Å². The molecular formula is C4H5N2S. The van der Waals surface area contributed by atoms with Gasteiger partial charge in [-0.1, -0.05) is 0 Å². The van der Waals surface area contributed by atoms with Crippen LogP contribution in [0.2, 0.25) is 0 Å². The van der Waals surface area contributed by atoms with Crippen LogP contribution in [0.15, 0.2) is 5.38 Å². The van der Waals surface area contributed by atoms with Gasteiger partial charge in [-0.3, -0.25) is 0 Å². The molecule has 0 spiro atoms. The molecule has 0 unspecified atom stereocenters. The third-order valence-electron chi connectivity index (χ3n) is 0.570. The molecule has 1 rings (SSSR count). The van der Waals surface area contributed by atoms with E-state index in [2.05, 4.69) is 11.9 Å². The minimum Gasteiger partial charge on any atom is -0.375 e. The number of hydrogen-bond acceptors (Lipinski definition) is 3. The fourth-order valence-corrected chi connectivity index (χ4v) is 0.802. The Balaban J connectivity index is 3.04. The Kier molecular flexibility index (Phi) is 0.982. The fraction of sp³-hybridized carbons (Fsp3) is 0. The molecule has 1 heterocycles. The monoisotopic (exact) mass is 113 g/mol. The van der Waals surface area contributed by atoms with Gasteiger partial charge in [0.2, 0.25) is 0 Å². The molecule has 0 aliphatic heterocycles. The van der Waals surface area contributed by atoms with Crippen LogP contribution in [0.3, 0.4) is 0 Å². The molecule has 1 aromatic rings. The van der Waals surface area contributed by atoms with Crippen molar-refractivity contribution < 1.29 is 0 Å². The first-order valence-corrected chi connectivity index (χ1v) is 2.70. The van der Waals surface area contributed by atoms with Gasteiger partial charge < -0.3 is 5.73 Å². The summed E-state index contributed by atoms with van der Waals surface area (Å²) in [6.07, 6.45) is 0. The van der Waals surface area contributed by atoms with Crippen molar-refractivity contribution in [2.45, 2.75) is 0 Å². The minimum absolute atomic E-state index is 0.588. The Hall–Kier alpha value is -0.570. The predicted octanol–water partition coefficient (Wildman–Crippen LogP) is 0.907. The maximum atomic E-state index is 5.25. The molecule has 2 nitrogen and oxygen atoms in total. The number of aromatic nitrogens is 1. The zero-order valence-electron chi connectivity index (χ0n) is 3.72. The second kappa shape index (κ2) is 1.50. The van der Waals surface area contributed by atoms with Crippen LogP contribution in [-0.2, 0) is 0 Å². The smallest absolute Gasteiger partial charge is 0.180 e. The van der Waals surface area contributed by atoms with Gasteiger partial charge in [0.05, 0.1) is 5.69 Å². The van der Waals surface area contributed by atoms with E-state index in [1.807, 2.05) is 5.38 Å². The van der Waals surface area contributed by atoms with Crippen LogP contribution in [0, 0.1) is 6.92 Å². The Morgan fingerprint density at radius 2 is 2.57 bits per heavy atom. The summed E-state index contributed by atoms with van der Waals surface area (Å²) in [6, 6.07) is 0. The molecule has 1 aromatic heterocycles. The van der Waals surface area contributed by atoms with Gasteiger partial charge in [-0.15, -0.1) is 11.3 Å². The van der Waals surface area contributed by atoms with Gasteiger partial charge in [0, 0.05) is 5.38 Å². The zero-order chi connectivity index (χ0) is 5.28. The van der Waals surface area contributed by atoms with Crippen molar-refractivity contribution in [3.8, 4) is 0 Å². The van der Waals surface area contributed by atoms with Crippen LogP contribution in [0.25, 0.3) is 0 Å². The fourth-order valence-electron chi connectivity index (χ4n) is 0.323. The van der Waals surface area contributed by atoms with E-state index in [4.69, 9.17) is 5.73 Å². The molecule has 0 amide bonds. The van der Waals surface area contributed by atoms with Gasteiger partial charge >= 0.3 is 0 Å². The normalized spacial score (nSPS) is 9.29. The highest BCUT2D eigenvalue weighted by atomic mass is 32.1. The first-order chi connectivity index (χ1) is 3.29. The topological polar surface area (TPSA) is 38.9 Å². The lowest BCUT2D eigenvalue weighted by molar-refractivity contribution is 1.36. The van der Waals surface area contributed by atoms with E-state index in [1.54, 1.807) is 0 Å². The van der Waals surface area contributed by atoms with E-state index in [0.29, 0.717) is 5.13 Å². The summed E-state index contributed by atoms with van der Waals surface area (Å²) >= 11 is 1.41. The standard InChI is InChI=1S/C4H5N2S/c1-3-2-7-4(5)6-3/h2H,1H2,(H2,5,6). The molecule has 0 bridgehead atoms. The molecule has 0 atom stereocenters. The average Bonchev–Trinajstić information content (AvgIpc) is 1.87. The Bertz CT molecular complexity index is 142. The Morgan fingerprint density at radius 3 is 2.71 bits per heavy atom. The zero-order valence-corrected chi connectivity index (χ0v) is 4.53. The summed E-state index contributed by atoms with van der Waals surface area (Å²) in [5.41, 5.74) is 6.00. The average molecular weight is 113 g/mol. The van der Waals surface area contributed by atoms with E-state index >= 15 is 0 Å². The van der Waals surface area contributed by atoms with Gasteiger partial charge in [-0.25, -0.2) is 4.98 Å². The van der Waals surface area contributed by atoms with Gasteiger partial charge in [-0.2, -0.15) is 0 Å². The van der Waals surface area contributed by atoms with Crippen molar-refractivity contribution in [1.29, 1.82) is 0 Å². The summed E-state index contributed by atoms with van der Waals surface area (Å²) in [7, 11) is 0. The summed E-state index contributed by atoms with van der Waals surface area (Å²) in [4.78, 5) is 3.80. The van der Waals surface area contributed by atoms with Crippen molar-refractivity contribution in [2.24, 2.45) is 0 Å². The second-order valence-electron chi connectivity index (χ2n) is 1.18. The molecule has 0 fully saturated rings. The molecular weight excluding hydrogens is 108 g/mol. The van der Waals surface area contributed by atoms with Gasteiger partial charge in [0.1, 0.15) is 0 Å². The molecule has 0 saturated carbocycles. The summed E-state index contributed by atoms with van der Waals surface area (Å²) in [5, 5.41) is 2.40. The third-order valence-corrected chi connectivity index (χ3v) is 1.29. The van der Waals surface area contributed by atoms with E-state index in [1.165, 1.54) is 11.3 Å². The Morgan fingerprint density at radius 1 is 1.86 bits per heavy atom. The molecule has 0 aromatic carbocycles. The quantitative estimate of drug-likeness (QED) is 0.543. The number of anilines is 1. The predicted molar refractivity (Wildman–Crippen MR) is 31.0 cm³/mol. The van der Waals surface area contributed by atoms with E-state index in [-0.39, 0.29) is 0 Å². The number of nitrogens with zero attached hydrogens (tertiary/aromatic N) is 1. The van der Waals surface area contributed by atoms with Gasteiger partial charge in [0.25, 0.3) is 0 Å². The van der Waals surface area contributed by atoms with Crippen molar-refractivity contribution in [3.63, 3.8) is 0 Å². The van der Waals surface area contributed by atoms with Crippen molar-refractivity contribution in [2.75, 3.05) is 5.73 Å². The summed E-state index contributed by atoms with van der Waals surface area (Å²) in [6.45, 7) is 3.56. The second-order valence-corrected chi connectivity index (χ2v) is 2.07. The lowest BCUT2D eigenvalue weighted by Gasteiger charge is -1.71. The van der Waals surface area contributed by atoms with Crippen molar-refractivity contribution >= 4 is 16.5 Å². The highest BCUT2D eigenvalue weighted by Crippen LogP contribution is 2.08. The van der Waals surface area contributed by atoms with Crippen LogP contribution in [-0.4, -0.2) is 4.98 Å². The van der Waals surface area contributed by atoms with Gasteiger partial charge in [0.15, 0.2) is 5.13 Å². The number of nitrogen functional groups attached to an aromatic ring is 1. The highest BCUT2D eigenvalue weighted by molar-refractivity contribution is 7.13. The number of nitrogens with two attached hydrogens (primary N) is 1. The molecule has 0 aliphatic rings. The number of thiazole rings is 1. The maximum Gasteiger partial charge on any atom is 0.180 e. The molecule has 0 saturated heterocycles. The van der Waals surface area contributed by atoms with E-state index in [0.717, 1.165) is 5.69 Å². The lowest BCUT2D eigenvalue weighted by Crippen LogP contribution is -1.80. The van der Waals surface area contributed by atoms with Crippen LogP contribution in [0.4, 0.5) is 5.13 Å². The largest absolute Gasteiger partial charge is 0.375 e. The Labute approximate surface area is 46.0 Å². The van der Waals surface area contributed by atoms with Crippen molar-refractivity contribution in [1.82, 2.24) is 4.98 Å². The molecule has 1 radical (unpaired) electrons. The number of rotatable bonds is 0. The molecule has 3 heteroatoms.